The zero-order valence-electron chi connectivity index (χ0n) is 11.8. The number of hydrogen-bond donors (Lipinski definition) is 1. The smallest absolute Gasteiger partial charge is 0.314 e. The van der Waals surface area contributed by atoms with Gasteiger partial charge in [-0.3, -0.25) is 4.79 Å². The van der Waals surface area contributed by atoms with Gasteiger partial charge in [-0.25, -0.2) is 4.39 Å². The van der Waals surface area contributed by atoms with Gasteiger partial charge in [0.1, 0.15) is 5.41 Å². The number of carboxylic acids is 1. The fourth-order valence-corrected chi connectivity index (χ4v) is 3.35. The molecule has 6 heteroatoms. The molecule has 0 radical (unpaired) electrons. The van der Waals surface area contributed by atoms with E-state index in [1.807, 2.05) is 0 Å². The number of hydrogen-bond acceptors (Lipinski definition) is 4. The number of benzene rings is 1. The first-order valence-electron chi connectivity index (χ1n) is 7.00. The molecule has 0 bridgehead atoms. The van der Waals surface area contributed by atoms with Gasteiger partial charge in [0.15, 0.2) is 23.1 Å². The second-order valence-electron chi connectivity index (χ2n) is 5.45. The molecule has 5 nitrogen and oxygen atoms in total. The summed E-state index contributed by atoms with van der Waals surface area (Å²) in [5, 5.41) is 9.81. The Kier molecular flexibility index (Phi) is 3.39. The summed E-state index contributed by atoms with van der Waals surface area (Å²) in [6.45, 7) is -0.0371. The molecule has 0 unspecified atom stereocenters. The van der Waals surface area contributed by atoms with Crippen LogP contribution in [0.2, 0.25) is 0 Å². The minimum Gasteiger partial charge on any atom is -0.493 e. The van der Waals surface area contributed by atoms with Crippen molar-refractivity contribution < 1.29 is 28.5 Å². The van der Waals surface area contributed by atoms with Crippen LogP contribution in [0.5, 0.6) is 17.2 Å². The number of rotatable bonds is 3. The average molecular weight is 296 g/mol. The lowest BCUT2D eigenvalue weighted by Crippen LogP contribution is -2.38. The van der Waals surface area contributed by atoms with E-state index in [2.05, 4.69) is 0 Å². The molecule has 0 aromatic heterocycles. The molecule has 114 valence electrons. The lowest BCUT2D eigenvalue weighted by atomic mass is 9.68. The third kappa shape index (κ3) is 2.01. The quantitative estimate of drug-likeness (QED) is 0.929. The fourth-order valence-electron chi connectivity index (χ4n) is 3.35. The maximum absolute atomic E-state index is 14.2. The van der Waals surface area contributed by atoms with Gasteiger partial charge in [-0.05, 0) is 12.8 Å². The molecular formula is C15H17FO5. The summed E-state index contributed by atoms with van der Waals surface area (Å²) in [5.41, 5.74) is -0.895. The van der Waals surface area contributed by atoms with Crippen LogP contribution in [-0.4, -0.2) is 25.0 Å². The van der Waals surface area contributed by atoms with E-state index in [4.69, 9.17) is 14.2 Å². The van der Waals surface area contributed by atoms with Gasteiger partial charge in [0.2, 0.25) is 6.79 Å². The summed E-state index contributed by atoms with van der Waals surface area (Å²) in [7, 11) is 1.34. The van der Waals surface area contributed by atoms with Crippen molar-refractivity contribution in [1.82, 2.24) is 0 Å². The number of carboxylic acid groups (broad SMARTS) is 1. The van der Waals surface area contributed by atoms with E-state index in [1.165, 1.54) is 13.2 Å². The number of carbonyl (C=O) groups is 1. The zero-order chi connectivity index (χ0) is 15.0. The Labute approximate surface area is 121 Å². The van der Waals surface area contributed by atoms with Crippen LogP contribution in [0.3, 0.4) is 0 Å². The minimum atomic E-state index is -1.18. The molecule has 1 aliphatic carbocycles. The zero-order valence-corrected chi connectivity index (χ0v) is 11.8. The van der Waals surface area contributed by atoms with Crippen LogP contribution < -0.4 is 14.2 Å². The number of aliphatic carboxylic acids is 1. The SMILES string of the molecule is COc1c(F)cc2c(c1C1(C(=O)O)CCCCC1)OCO2. The normalized spacial score (nSPS) is 19.3. The summed E-state index contributed by atoms with van der Waals surface area (Å²) >= 11 is 0. The van der Waals surface area contributed by atoms with Crippen molar-refractivity contribution in [2.75, 3.05) is 13.9 Å². The van der Waals surface area contributed by atoms with Crippen LogP contribution in [0, 0.1) is 5.82 Å². The Hall–Kier alpha value is -1.98. The van der Waals surface area contributed by atoms with E-state index >= 15 is 0 Å². The van der Waals surface area contributed by atoms with Crippen LogP contribution >= 0.6 is 0 Å². The van der Waals surface area contributed by atoms with Gasteiger partial charge in [0.05, 0.1) is 12.7 Å². The summed E-state index contributed by atoms with van der Waals surface area (Å²) in [6, 6.07) is 1.18. The summed E-state index contributed by atoms with van der Waals surface area (Å²) in [5.74, 6) is -1.10. The first kappa shape index (κ1) is 14.0. The van der Waals surface area contributed by atoms with Crippen LogP contribution in [0.1, 0.15) is 37.7 Å². The van der Waals surface area contributed by atoms with Crippen molar-refractivity contribution in [3.8, 4) is 17.2 Å². The van der Waals surface area contributed by atoms with Crippen molar-refractivity contribution in [2.45, 2.75) is 37.5 Å². The van der Waals surface area contributed by atoms with Gasteiger partial charge >= 0.3 is 5.97 Å². The van der Waals surface area contributed by atoms with E-state index < -0.39 is 17.2 Å². The van der Waals surface area contributed by atoms with Gasteiger partial charge in [-0.2, -0.15) is 0 Å². The molecule has 1 aliphatic heterocycles. The molecule has 1 N–H and O–H groups in total. The Morgan fingerprint density at radius 3 is 2.67 bits per heavy atom. The molecule has 1 heterocycles. The summed E-state index contributed by atoms with van der Waals surface area (Å²) < 4.78 is 30.0. The van der Waals surface area contributed by atoms with Crippen LogP contribution in [0.25, 0.3) is 0 Å². The molecule has 0 amide bonds. The molecule has 0 spiro atoms. The second-order valence-corrected chi connectivity index (χ2v) is 5.45. The molecule has 3 rings (SSSR count). The molecule has 1 aromatic rings. The molecule has 0 atom stereocenters. The molecule has 0 saturated heterocycles. The topological polar surface area (TPSA) is 65.0 Å². The monoisotopic (exact) mass is 296 g/mol. The highest BCUT2D eigenvalue weighted by Crippen LogP contribution is 2.53. The Morgan fingerprint density at radius 1 is 1.33 bits per heavy atom. The first-order valence-corrected chi connectivity index (χ1v) is 7.00. The maximum atomic E-state index is 14.2. The van der Waals surface area contributed by atoms with Gasteiger partial charge in [0.25, 0.3) is 0 Å². The predicted molar refractivity (Wildman–Crippen MR) is 71.5 cm³/mol. The third-order valence-electron chi connectivity index (χ3n) is 4.37. The Morgan fingerprint density at radius 2 is 2.05 bits per heavy atom. The van der Waals surface area contributed by atoms with Crippen LogP contribution in [0.15, 0.2) is 6.07 Å². The average Bonchev–Trinajstić information content (AvgIpc) is 2.93. The molecule has 1 saturated carbocycles. The fraction of sp³-hybridized carbons (Fsp3) is 0.533. The molecule has 2 aliphatic rings. The van der Waals surface area contributed by atoms with E-state index in [9.17, 15) is 14.3 Å². The van der Waals surface area contributed by atoms with E-state index in [1.54, 1.807) is 0 Å². The second kappa shape index (κ2) is 5.09. The third-order valence-corrected chi connectivity index (χ3v) is 4.37. The van der Waals surface area contributed by atoms with Crippen LogP contribution in [0.4, 0.5) is 4.39 Å². The predicted octanol–water partition coefficient (Wildman–Crippen LogP) is 2.85. The largest absolute Gasteiger partial charge is 0.493 e. The summed E-state index contributed by atoms with van der Waals surface area (Å²) in [4.78, 5) is 12.0. The first-order chi connectivity index (χ1) is 10.1. The van der Waals surface area contributed by atoms with Gasteiger partial charge in [-0.15, -0.1) is 0 Å². The van der Waals surface area contributed by atoms with Crippen molar-refractivity contribution in [1.29, 1.82) is 0 Å². The highest BCUT2D eigenvalue weighted by atomic mass is 19.1. The highest BCUT2D eigenvalue weighted by Gasteiger charge is 2.48. The molecule has 1 aromatic carbocycles. The highest BCUT2D eigenvalue weighted by molar-refractivity contribution is 5.85. The van der Waals surface area contributed by atoms with Gasteiger partial charge in [-0.1, -0.05) is 19.3 Å². The van der Waals surface area contributed by atoms with E-state index in [-0.39, 0.29) is 23.9 Å². The molecular weight excluding hydrogens is 279 g/mol. The number of fused-ring (bicyclic) bond motifs is 1. The molecule has 21 heavy (non-hydrogen) atoms. The summed E-state index contributed by atoms with van der Waals surface area (Å²) in [6.07, 6.45) is 3.42. The van der Waals surface area contributed by atoms with Crippen molar-refractivity contribution in [2.24, 2.45) is 0 Å². The molecule has 1 fully saturated rings. The number of ether oxygens (including phenoxy) is 3. The standard InChI is InChI=1S/C15H17FO5/c1-19-12-9(16)7-10-13(21-8-20-10)11(12)15(14(17)18)5-3-2-4-6-15/h7H,2-6,8H2,1H3,(H,17,18). The minimum absolute atomic E-state index is 0.0371. The number of methoxy groups -OCH3 is 1. The van der Waals surface area contributed by atoms with Crippen molar-refractivity contribution >= 4 is 5.97 Å². The van der Waals surface area contributed by atoms with Gasteiger partial charge < -0.3 is 19.3 Å². The van der Waals surface area contributed by atoms with Gasteiger partial charge in [0, 0.05) is 6.07 Å². The lowest BCUT2D eigenvalue weighted by molar-refractivity contribution is -0.145. The van der Waals surface area contributed by atoms with E-state index in [0.29, 0.717) is 18.6 Å². The lowest BCUT2D eigenvalue weighted by Gasteiger charge is -2.35. The Balaban J connectivity index is 2.26. The van der Waals surface area contributed by atoms with Crippen molar-refractivity contribution in [3.63, 3.8) is 0 Å². The maximum Gasteiger partial charge on any atom is 0.314 e. The van der Waals surface area contributed by atoms with Crippen LogP contribution in [-0.2, 0) is 10.2 Å². The number of halogens is 1. The Bertz CT molecular complexity index is 574. The van der Waals surface area contributed by atoms with Crippen molar-refractivity contribution in [3.05, 3.63) is 17.4 Å². The van der Waals surface area contributed by atoms with E-state index in [0.717, 1.165) is 19.3 Å².